The second-order valence-corrected chi connectivity index (χ2v) is 7.35. The Balaban J connectivity index is 1.74. The Bertz CT molecular complexity index is 478. The van der Waals surface area contributed by atoms with E-state index in [-0.39, 0.29) is 0 Å². The van der Waals surface area contributed by atoms with E-state index < -0.39 is 0 Å². The second-order valence-electron chi connectivity index (χ2n) is 6.49. The number of ether oxygens (including phenoxy) is 1. The van der Waals surface area contributed by atoms with Crippen LogP contribution < -0.4 is 10.1 Å². The van der Waals surface area contributed by atoms with Crippen LogP contribution in [0.5, 0.6) is 5.75 Å². The fourth-order valence-corrected chi connectivity index (χ4v) is 4.67. The maximum atomic E-state index is 5.76. The molecular formula is C18H26BrNO. The monoisotopic (exact) mass is 351 g/mol. The highest BCUT2D eigenvalue weighted by atomic mass is 79.9. The van der Waals surface area contributed by atoms with Gasteiger partial charge in [0.25, 0.3) is 0 Å². The molecule has 2 nitrogen and oxygen atoms in total. The highest BCUT2D eigenvalue weighted by molar-refractivity contribution is 9.10. The first-order valence-electron chi connectivity index (χ1n) is 8.35. The van der Waals surface area contributed by atoms with Gasteiger partial charge in [0.2, 0.25) is 0 Å². The quantitative estimate of drug-likeness (QED) is 0.783. The molecule has 21 heavy (non-hydrogen) atoms. The van der Waals surface area contributed by atoms with Crippen molar-refractivity contribution in [2.24, 2.45) is 17.8 Å². The lowest BCUT2D eigenvalue weighted by molar-refractivity contribution is 0.315. The summed E-state index contributed by atoms with van der Waals surface area (Å²) in [7, 11) is 2.10. The fourth-order valence-electron chi connectivity index (χ4n) is 4.16. The summed E-state index contributed by atoms with van der Waals surface area (Å²) < 4.78 is 6.84. The van der Waals surface area contributed by atoms with Gasteiger partial charge in [-0.15, -0.1) is 0 Å². The van der Waals surface area contributed by atoms with E-state index in [9.17, 15) is 0 Å². The van der Waals surface area contributed by atoms with Gasteiger partial charge in [0.05, 0.1) is 11.1 Å². The van der Waals surface area contributed by atoms with Crippen molar-refractivity contribution >= 4 is 15.9 Å². The molecule has 2 aliphatic rings. The van der Waals surface area contributed by atoms with Crippen LogP contribution in [0.25, 0.3) is 0 Å². The average Bonchev–Trinajstić information content (AvgIpc) is 3.22. The molecule has 3 unspecified atom stereocenters. The van der Waals surface area contributed by atoms with Crippen LogP contribution in [-0.4, -0.2) is 13.7 Å². The molecule has 0 radical (unpaired) electrons. The molecule has 0 saturated heterocycles. The number of rotatable bonds is 6. The molecule has 2 saturated carbocycles. The number of fused-ring (bicyclic) bond motifs is 1. The molecule has 0 aromatic heterocycles. The molecule has 1 aromatic rings. The summed E-state index contributed by atoms with van der Waals surface area (Å²) in [5, 5.41) is 3.56. The molecule has 1 aromatic carbocycles. The van der Waals surface area contributed by atoms with Gasteiger partial charge in [0, 0.05) is 6.04 Å². The minimum atomic E-state index is 0.495. The summed E-state index contributed by atoms with van der Waals surface area (Å²) in [6.45, 7) is 2.91. The number of hydrogen-bond acceptors (Lipinski definition) is 2. The van der Waals surface area contributed by atoms with Crippen LogP contribution in [0.3, 0.4) is 0 Å². The van der Waals surface area contributed by atoms with Crippen molar-refractivity contribution < 1.29 is 4.74 Å². The summed E-state index contributed by atoms with van der Waals surface area (Å²) in [6.07, 6.45) is 6.78. The third kappa shape index (κ3) is 3.14. The van der Waals surface area contributed by atoms with Crippen molar-refractivity contribution in [1.29, 1.82) is 0 Å². The number of benzene rings is 1. The number of halogens is 1. The smallest absolute Gasteiger partial charge is 0.133 e. The van der Waals surface area contributed by atoms with Crippen molar-refractivity contribution in [2.45, 2.75) is 45.1 Å². The van der Waals surface area contributed by atoms with Crippen LogP contribution in [0.15, 0.2) is 22.7 Å². The number of nitrogens with one attached hydrogen (secondary N) is 1. The summed E-state index contributed by atoms with van der Waals surface area (Å²) in [5.41, 5.74) is 1.40. The third-order valence-electron chi connectivity index (χ3n) is 5.20. The van der Waals surface area contributed by atoms with Crippen LogP contribution in [0.1, 0.15) is 50.6 Å². The van der Waals surface area contributed by atoms with Gasteiger partial charge >= 0.3 is 0 Å². The standard InChI is InChI=1S/C18H26BrNO/c1-3-10-21-16-9-8-12(11-15(16)19)18(20-2)17-13-6-4-5-7-14(13)17/h8-9,11,13-14,17-18,20H,3-7,10H2,1-2H3. The van der Waals surface area contributed by atoms with E-state index in [0.717, 1.165) is 41.0 Å². The molecule has 2 aliphatic carbocycles. The highest BCUT2D eigenvalue weighted by Gasteiger charge is 2.54. The second kappa shape index (κ2) is 6.70. The van der Waals surface area contributed by atoms with Gasteiger partial charge in [0.1, 0.15) is 5.75 Å². The molecule has 0 heterocycles. The van der Waals surface area contributed by atoms with Crippen molar-refractivity contribution in [3.63, 3.8) is 0 Å². The van der Waals surface area contributed by atoms with E-state index in [4.69, 9.17) is 4.74 Å². The maximum absolute atomic E-state index is 5.76. The zero-order valence-corrected chi connectivity index (χ0v) is 14.7. The summed E-state index contributed by atoms with van der Waals surface area (Å²) >= 11 is 3.67. The van der Waals surface area contributed by atoms with Gasteiger partial charge < -0.3 is 10.1 Å². The summed E-state index contributed by atoms with van der Waals surface area (Å²) in [5.74, 6) is 3.73. The first-order chi connectivity index (χ1) is 10.3. The average molecular weight is 352 g/mol. The molecule has 0 bridgehead atoms. The predicted octanol–water partition coefficient (Wildman–Crippen LogP) is 4.93. The maximum Gasteiger partial charge on any atom is 0.133 e. The minimum Gasteiger partial charge on any atom is -0.492 e. The highest BCUT2D eigenvalue weighted by Crippen LogP contribution is 2.60. The van der Waals surface area contributed by atoms with Crippen LogP contribution in [0.2, 0.25) is 0 Å². The van der Waals surface area contributed by atoms with Crippen LogP contribution in [0.4, 0.5) is 0 Å². The largest absolute Gasteiger partial charge is 0.492 e. The lowest BCUT2D eigenvalue weighted by atomic mass is 10.00. The first-order valence-corrected chi connectivity index (χ1v) is 9.15. The molecule has 3 rings (SSSR count). The zero-order chi connectivity index (χ0) is 14.8. The molecule has 3 heteroatoms. The zero-order valence-electron chi connectivity index (χ0n) is 13.1. The van der Waals surface area contributed by atoms with Crippen molar-refractivity contribution in [2.75, 3.05) is 13.7 Å². The van der Waals surface area contributed by atoms with E-state index in [1.807, 2.05) is 0 Å². The van der Waals surface area contributed by atoms with Gasteiger partial charge in [0.15, 0.2) is 0 Å². The van der Waals surface area contributed by atoms with Crippen molar-refractivity contribution in [3.8, 4) is 5.75 Å². The lowest BCUT2D eigenvalue weighted by Gasteiger charge is -2.18. The summed E-state index contributed by atoms with van der Waals surface area (Å²) in [4.78, 5) is 0. The third-order valence-corrected chi connectivity index (χ3v) is 5.82. The normalized spacial score (nSPS) is 28.8. The van der Waals surface area contributed by atoms with Gasteiger partial charge in [-0.25, -0.2) is 0 Å². The van der Waals surface area contributed by atoms with E-state index in [1.54, 1.807) is 0 Å². The Morgan fingerprint density at radius 1 is 1.29 bits per heavy atom. The van der Waals surface area contributed by atoms with E-state index in [1.165, 1.54) is 31.2 Å². The molecule has 1 N–H and O–H groups in total. The Morgan fingerprint density at radius 2 is 2.00 bits per heavy atom. The van der Waals surface area contributed by atoms with E-state index >= 15 is 0 Å². The molecule has 0 aliphatic heterocycles. The Morgan fingerprint density at radius 3 is 2.57 bits per heavy atom. The molecule has 0 amide bonds. The fraction of sp³-hybridized carbons (Fsp3) is 0.667. The molecular weight excluding hydrogens is 326 g/mol. The first kappa shape index (κ1) is 15.4. The van der Waals surface area contributed by atoms with E-state index in [2.05, 4.69) is 53.4 Å². The number of hydrogen-bond donors (Lipinski definition) is 1. The van der Waals surface area contributed by atoms with Gasteiger partial charge in [-0.1, -0.05) is 25.8 Å². The SMILES string of the molecule is CCCOc1ccc(C(NC)C2C3CCCCC32)cc1Br. The molecule has 3 atom stereocenters. The molecule has 0 spiro atoms. The molecule has 116 valence electrons. The van der Waals surface area contributed by atoms with Gasteiger partial charge in [-0.05, 0) is 77.7 Å². The van der Waals surface area contributed by atoms with Gasteiger partial charge in [-0.3, -0.25) is 0 Å². The lowest BCUT2D eigenvalue weighted by Crippen LogP contribution is -2.19. The minimum absolute atomic E-state index is 0.495. The van der Waals surface area contributed by atoms with Crippen LogP contribution in [0, 0.1) is 17.8 Å². The van der Waals surface area contributed by atoms with E-state index in [0.29, 0.717) is 6.04 Å². The van der Waals surface area contributed by atoms with Crippen LogP contribution in [-0.2, 0) is 0 Å². The Labute approximate surface area is 136 Å². The summed E-state index contributed by atoms with van der Waals surface area (Å²) in [6, 6.07) is 7.10. The predicted molar refractivity (Wildman–Crippen MR) is 90.7 cm³/mol. The van der Waals surface area contributed by atoms with Crippen molar-refractivity contribution in [3.05, 3.63) is 28.2 Å². The van der Waals surface area contributed by atoms with Crippen molar-refractivity contribution in [1.82, 2.24) is 5.32 Å². The topological polar surface area (TPSA) is 21.3 Å². The van der Waals surface area contributed by atoms with Gasteiger partial charge in [-0.2, -0.15) is 0 Å². The Hall–Kier alpha value is -0.540. The molecule has 2 fully saturated rings. The van der Waals surface area contributed by atoms with Crippen LogP contribution >= 0.6 is 15.9 Å². The Kier molecular flexibility index (Phi) is 4.90.